The van der Waals surface area contributed by atoms with E-state index in [1.54, 1.807) is 18.7 Å². The van der Waals surface area contributed by atoms with Crippen LogP contribution in [-0.4, -0.2) is 38.7 Å². The lowest BCUT2D eigenvalue weighted by Gasteiger charge is -2.11. The van der Waals surface area contributed by atoms with Crippen LogP contribution in [0.25, 0.3) is 0 Å². The molecule has 0 saturated carbocycles. The molecule has 9 heteroatoms. The zero-order valence-corrected chi connectivity index (χ0v) is 13.7. The molecule has 1 unspecified atom stereocenters. The van der Waals surface area contributed by atoms with E-state index < -0.39 is 0 Å². The van der Waals surface area contributed by atoms with Gasteiger partial charge < -0.3 is 10.6 Å². The Morgan fingerprint density at radius 1 is 1.26 bits per heavy atom. The predicted molar refractivity (Wildman–Crippen MR) is 86.8 cm³/mol. The molecule has 1 aromatic carbocycles. The van der Waals surface area contributed by atoms with Crippen LogP contribution in [0.15, 0.2) is 29.2 Å². The van der Waals surface area contributed by atoms with Crippen LogP contribution in [0.2, 0.25) is 0 Å². The standard InChI is InChI=1S/C14H18N6O2S/c1-9(14-17-19-20-18-14)15-12(21)7-8-13(22)16-10-5-3-4-6-11(10)23-2/h3-6,9H,7-8H2,1-2H3,(H,15,21)(H,16,22)(H,17,18,19,20). The average molecular weight is 334 g/mol. The fourth-order valence-electron chi connectivity index (χ4n) is 1.92. The molecular formula is C14H18N6O2S. The molecule has 0 radical (unpaired) electrons. The van der Waals surface area contributed by atoms with E-state index in [1.807, 2.05) is 30.5 Å². The number of hydrogen-bond acceptors (Lipinski definition) is 6. The van der Waals surface area contributed by atoms with Crippen molar-refractivity contribution < 1.29 is 9.59 Å². The summed E-state index contributed by atoms with van der Waals surface area (Å²) in [5.74, 6) is -0.0406. The van der Waals surface area contributed by atoms with Gasteiger partial charge in [0.1, 0.15) is 0 Å². The van der Waals surface area contributed by atoms with Crippen LogP contribution in [0.4, 0.5) is 5.69 Å². The summed E-state index contributed by atoms with van der Waals surface area (Å²) < 4.78 is 0. The van der Waals surface area contributed by atoms with E-state index in [4.69, 9.17) is 0 Å². The number of carbonyl (C=O) groups is 2. The van der Waals surface area contributed by atoms with Crippen LogP contribution in [0, 0.1) is 0 Å². The third-order valence-corrected chi connectivity index (χ3v) is 3.88. The molecule has 0 bridgehead atoms. The molecule has 0 saturated heterocycles. The first-order chi connectivity index (χ1) is 11.1. The molecule has 0 aliphatic carbocycles. The molecule has 1 atom stereocenters. The van der Waals surface area contributed by atoms with Crippen molar-refractivity contribution in [3.63, 3.8) is 0 Å². The van der Waals surface area contributed by atoms with Gasteiger partial charge in [-0.25, -0.2) is 0 Å². The fraction of sp³-hybridized carbons (Fsp3) is 0.357. The number of thioether (sulfide) groups is 1. The maximum atomic E-state index is 12.0. The number of amides is 2. The number of para-hydroxylation sites is 1. The lowest BCUT2D eigenvalue weighted by molar-refractivity contribution is -0.124. The lowest BCUT2D eigenvalue weighted by atomic mass is 10.2. The summed E-state index contributed by atoms with van der Waals surface area (Å²) >= 11 is 1.55. The van der Waals surface area contributed by atoms with Crippen molar-refractivity contribution in [3.05, 3.63) is 30.1 Å². The van der Waals surface area contributed by atoms with E-state index >= 15 is 0 Å². The Bertz CT molecular complexity index is 661. The first-order valence-corrected chi connectivity index (χ1v) is 8.28. The number of rotatable bonds is 7. The Labute approximate surface area is 137 Å². The minimum absolute atomic E-state index is 0.0927. The second-order valence-corrected chi connectivity index (χ2v) is 5.66. The van der Waals surface area contributed by atoms with Crippen LogP contribution >= 0.6 is 11.8 Å². The molecule has 23 heavy (non-hydrogen) atoms. The van der Waals surface area contributed by atoms with E-state index in [0.717, 1.165) is 10.6 Å². The molecule has 0 aliphatic rings. The Morgan fingerprint density at radius 3 is 2.70 bits per heavy atom. The topological polar surface area (TPSA) is 113 Å². The van der Waals surface area contributed by atoms with Crippen LogP contribution in [0.3, 0.4) is 0 Å². The van der Waals surface area contributed by atoms with Crippen LogP contribution < -0.4 is 10.6 Å². The van der Waals surface area contributed by atoms with Crippen LogP contribution in [-0.2, 0) is 9.59 Å². The maximum Gasteiger partial charge on any atom is 0.224 e. The van der Waals surface area contributed by atoms with Gasteiger partial charge in [0.2, 0.25) is 11.8 Å². The summed E-state index contributed by atoms with van der Waals surface area (Å²) in [6, 6.07) is 7.17. The summed E-state index contributed by atoms with van der Waals surface area (Å²) in [4.78, 5) is 24.8. The van der Waals surface area contributed by atoms with Crippen molar-refractivity contribution in [2.24, 2.45) is 0 Å². The van der Waals surface area contributed by atoms with Gasteiger partial charge in [-0.2, -0.15) is 5.21 Å². The Balaban J connectivity index is 1.79. The van der Waals surface area contributed by atoms with Crippen molar-refractivity contribution in [1.82, 2.24) is 25.9 Å². The summed E-state index contributed by atoms with van der Waals surface area (Å²) in [6.45, 7) is 1.75. The highest BCUT2D eigenvalue weighted by Crippen LogP contribution is 2.24. The number of carbonyl (C=O) groups excluding carboxylic acids is 2. The van der Waals surface area contributed by atoms with Crippen LogP contribution in [0.5, 0.6) is 0 Å². The van der Waals surface area contributed by atoms with Crippen molar-refractivity contribution in [1.29, 1.82) is 0 Å². The number of anilines is 1. The SMILES string of the molecule is CSc1ccccc1NC(=O)CCC(=O)NC(C)c1nn[nH]n1. The number of aromatic amines is 1. The summed E-state index contributed by atoms with van der Waals surface area (Å²) in [7, 11) is 0. The quantitative estimate of drug-likeness (QED) is 0.662. The number of nitrogens with one attached hydrogen (secondary N) is 3. The molecule has 1 aromatic heterocycles. The molecule has 0 spiro atoms. The van der Waals surface area contributed by atoms with Crippen LogP contribution in [0.1, 0.15) is 31.6 Å². The maximum absolute atomic E-state index is 12.0. The lowest BCUT2D eigenvalue weighted by Crippen LogP contribution is -2.28. The highest BCUT2D eigenvalue weighted by molar-refractivity contribution is 7.98. The molecule has 3 N–H and O–H groups in total. The van der Waals surface area contributed by atoms with Gasteiger partial charge in [0, 0.05) is 17.7 Å². The van der Waals surface area contributed by atoms with Crippen molar-refractivity contribution in [2.75, 3.05) is 11.6 Å². The van der Waals surface area contributed by atoms with E-state index in [-0.39, 0.29) is 30.7 Å². The highest BCUT2D eigenvalue weighted by atomic mass is 32.2. The second-order valence-electron chi connectivity index (χ2n) is 4.81. The van der Waals surface area contributed by atoms with E-state index in [2.05, 4.69) is 31.3 Å². The number of H-pyrrole nitrogens is 1. The molecule has 2 rings (SSSR count). The van der Waals surface area contributed by atoms with Gasteiger partial charge >= 0.3 is 0 Å². The minimum atomic E-state index is -0.360. The van der Waals surface area contributed by atoms with Gasteiger partial charge in [-0.3, -0.25) is 9.59 Å². The van der Waals surface area contributed by atoms with Crippen molar-refractivity contribution >= 4 is 29.3 Å². The Hall–Kier alpha value is -2.42. The Kier molecular flexibility index (Phi) is 6.10. The molecule has 2 aromatic rings. The van der Waals surface area contributed by atoms with Gasteiger partial charge in [-0.15, -0.1) is 22.0 Å². The molecule has 122 valence electrons. The zero-order chi connectivity index (χ0) is 16.7. The van der Waals surface area contributed by atoms with Gasteiger partial charge in [0.05, 0.1) is 11.7 Å². The minimum Gasteiger partial charge on any atom is -0.346 e. The van der Waals surface area contributed by atoms with Crippen molar-refractivity contribution in [3.8, 4) is 0 Å². The van der Waals surface area contributed by atoms with Gasteiger partial charge in [0.25, 0.3) is 0 Å². The third kappa shape index (κ3) is 5.06. The Morgan fingerprint density at radius 2 is 2.00 bits per heavy atom. The number of nitrogens with zero attached hydrogens (tertiary/aromatic N) is 3. The second kappa shape index (κ2) is 8.28. The summed E-state index contributed by atoms with van der Waals surface area (Å²) in [5.41, 5.74) is 0.755. The first-order valence-electron chi connectivity index (χ1n) is 7.05. The van der Waals surface area contributed by atoms with Gasteiger partial charge in [0.15, 0.2) is 5.82 Å². The first kappa shape index (κ1) is 16.9. The monoisotopic (exact) mass is 334 g/mol. The number of benzene rings is 1. The van der Waals surface area contributed by atoms with E-state index in [9.17, 15) is 9.59 Å². The highest BCUT2D eigenvalue weighted by Gasteiger charge is 2.14. The molecule has 8 nitrogen and oxygen atoms in total. The van der Waals surface area contributed by atoms with Gasteiger partial charge in [-0.05, 0) is 25.3 Å². The largest absolute Gasteiger partial charge is 0.346 e. The predicted octanol–water partition coefficient (Wildman–Crippen LogP) is 1.52. The number of hydrogen-bond donors (Lipinski definition) is 3. The van der Waals surface area contributed by atoms with E-state index in [1.165, 1.54) is 0 Å². The molecule has 1 heterocycles. The summed E-state index contributed by atoms with van der Waals surface area (Å²) in [6.07, 6.45) is 2.14. The molecule has 2 amide bonds. The zero-order valence-electron chi connectivity index (χ0n) is 12.9. The molecular weight excluding hydrogens is 316 g/mol. The summed E-state index contributed by atoms with van der Waals surface area (Å²) in [5, 5.41) is 18.9. The molecule has 0 aliphatic heterocycles. The van der Waals surface area contributed by atoms with Crippen molar-refractivity contribution in [2.45, 2.75) is 30.7 Å². The van der Waals surface area contributed by atoms with Gasteiger partial charge in [-0.1, -0.05) is 17.3 Å². The molecule has 0 fully saturated rings. The fourth-order valence-corrected chi connectivity index (χ4v) is 2.47. The smallest absolute Gasteiger partial charge is 0.224 e. The van der Waals surface area contributed by atoms with E-state index in [0.29, 0.717) is 5.82 Å². The number of tetrazole rings is 1. The third-order valence-electron chi connectivity index (χ3n) is 3.09. The normalized spacial score (nSPS) is 11.7. The average Bonchev–Trinajstić information content (AvgIpc) is 3.08. The number of aromatic nitrogens is 4.